The van der Waals surface area contributed by atoms with Crippen LogP contribution in [0.4, 0.5) is 0 Å². The van der Waals surface area contributed by atoms with Gasteiger partial charge in [0.15, 0.2) is 40.5 Å². The van der Waals surface area contributed by atoms with E-state index in [4.69, 9.17) is 56.8 Å². The van der Waals surface area contributed by atoms with E-state index < -0.39 is 253 Å². The average Bonchev–Trinajstić information content (AvgIpc) is 1.25. The number of aliphatic hydroxyl groups excluding tert-OH is 20. The summed E-state index contributed by atoms with van der Waals surface area (Å²) in [6, 6.07) is 0. The van der Waals surface area contributed by atoms with E-state index in [1.54, 1.807) is 0 Å². The molecule has 45 nitrogen and oxygen atoms in total. The minimum atomic E-state index is -1.97. The van der Waals surface area contributed by atoms with Crippen LogP contribution in [-0.2, 0) is 85.6 Å². The highest BCUT2D eigenvalue weighted by molar-refractivity contribution is 9.14. The number of nitrogens with zero attached hydrogens (tertiary/aromatic N) is 1. The van der Waals surface area contributed by atoms with Gasteiger partial charge in [-0.25, -0.2) is 0 Å². The normalized spacial score (nSPS) is 36.3. The van der Waals surface area contributed by atoms with E-state index in [0.29, 0.717) is 75.3 Å². The summed E-state index contributed by atoms with van der Waals surface area (Å²) in [5.41, 5.74) is 0. The third-order valence-electron chi connectivity index (χ3n) is 20.8. The summed E-state index contributed by atoms with van der Waals surface area (Å²) in [7, 11) is 11.5. The molecular formula is C70H121N7O38S6. The SMILES string of the molecule is O=C(CCCCCNC(=O)CN(CC(=O)NCCCCCC(=O)NCCO[C@H]1O[C@H](CO[C@H]2O[C@H](CO)[C@@H](O)[C@H](O)[C@@H]2O)[C@@H](O)[C@H](O[C@H]2O[C@H](CO)[C@@H](O)[C@H](O)[C@@H]2O)[C@@H]1O)CC(=O)NCCCCCC(=O)NCCO[C@H]1O[C@H](CO[C@H]2O[C@H](CO)[C@@H](O)[C@H](O)[C@@H]2O)[C@@H](O)[C@H](O[C@H]2O[C@H](CO)[C@@H](O)[C@H](O)[C@@H]2O)[C@@H]1O)NCCCCC1SSC2(SS1)SS2. The topological polar surface area (TPSA) is 693 Å². The van der Waals surface area contributed by atoms with Crippen LogP contribution in [0.25, 0.3) is 0 Å². The standard InChI is InChI=1S/C70H121N7O38S6/c78-27-33-46(88)52(94)56(98)64(108-33)106-31-37-50(92)62(114-68-58(100)54(96)48(90)35(29-80)110-68)60(102)66(112-37)104-22-20-75-40(83)13-5-2-9-17-73-43(86)25-77(24-42(85)72-16-8-1-4-12-39(82)71-19-11-7-15-45-116-118-70(119-117-45)120-121-70)26-44(87)74-18-10-3-6-14-41(84)76-21-23-105-67-61(103)63(115-69-59(101)55(97)49(91)36(30-81)111-69)51(93)38(113-67)32-107-65-57(99)53(95)47(89)34(28-79)109-65/h33-38,45-69,78-81,88-103H,1-32H2,(H,71,82)(H,72,85)(H,73,86)(H,74,87)(H,75,83)(H,76,84)/t33-,34-,35-,36-,37-,38-,46-,47-,48-,49-,50-,51-,52+,53+,54+,55+,56+,57+,58+,59+,60+,61+,62+,63+,64+,65+,66+,67+,68-,69-/m1/s1. The van der Waals surface area contributed by atoms with Crippen LogP contribution in [-0.4, -0.2) is 446 Å². The highest BCUT2D eigenvalue weighted by Gasteiger charge is 2.56. The minimum Gasteiger partial charge on any atom is -0.394 e. The number of aliphatic hydroxyl groups is 20. The van der Waals surface area contributed by atoms with Gasteiger partial charge in [0.05, 0.1) is 77.1 Å². The summed E-state index contributed by atoms with van der Waals surface area (Å²) in [6.45, 7) is -5.44. The van der Waals surface area contributed by atoms with Crippen LogP contribution in [0, 0.1) is 0 Å². The van der Waals surface area contributed by atoms with Crippen LogP contribution >= 0.6 is 64.8 Å². The van der Waals surface area contributed by atoms with Crippen molar-refractivity contribution in [2.75, 3.05) is 112 Å². The first-order valence-corrected chi connectivity index (χ1v) is 46.9. The Hall–Kier alpha value is -2.40. The predicted octanol–water partition coefficient (Wildman–Crippen LogP) is -10.1. The van der Waals surface area contributed by atoms with Gasteiger partial charge in [0.1, 0.15) is 146 Å². The van der Waals surface area contributed by atoms with E-state index in [9.17, 15) is 131 Å². The van der Waals surface area contributed by atoms with E-state index in [1.807, 2.05) is 64.8 Å². The fourth-order valence-corrected chi connectivity index (χ4v) is 27.1. The van der Waals surface area contributed by atoms with Gasteiger partial charge in [0.2, 0.25) is 35.4 Å². The lowest BCUT2D eigenvalue weighted by molar-refractivity contribution is -0.366. The van der Waals surface area contributed by atoms with Crippen molar-refractivity contribution in [3.63, 3.8) is 0 Å². The molecule has 8 rings (SSSR count). The largest absolute Gasteiger partial charge is 0.394 e. The quantitative estimate of drug-likeness (QED) is 0.0153. The van der Waals surface area contributed by atoms with Crippen molar-refractivity contribution in [3.8, 4) is 0 Å². The fourth-order valence-electron chi connectivity index (χ4n) is 13.6. The summed E-state index contributed by atoms with van der Waals surface area (Å²) in [5.74, 6) is -2.34. The molecule has 0 aromatic rings. The Morgan fingerprint density at radius 2 is 0.587 bits per heavy atom. The number of hydrogen-bond donors (Lipinski definition) is 26. The molecule has 0 saturated carbocycles. The molecule has 6 amide bonds. The molecular weight excluding hydrogens is 1740 g/mol. The molecule has 8 saturated heterocycles. The van der Waals surface area contributed by atoms with Gasteiger partial charge in [-0.2, -0.15) is 0 Å². The highest BCUT2D eigenvalue weighted by Crippen LogP contribution is 2.84. The summed E-state index contributed by atoms with van der Waals surface area (Å²) < 4.78 is 68.0. The van der Waals surface area contributed by atoms with Crippen LogP contribution in [0.3, 0.4) is 0 Å². The number of carbonyl (C=O) groups excluding carboxylic acids is 6. The third-order valence-corrected chi connectivity index (χ3v) is 34.6. The molecule has 8 fully saturated rings. The molecule has 0 aromatic heterocycles. The maximum atomic E-state index is 13.4. The molecule has 0 aliphatic carbocycles. The smallest absolute Gasteiger partial charge is 0.234 e. The van der Waals surface area contributed by atoms with Crippen LogP contribution in [0.1, 0.15) is 96.3 Å². The predicted molar refractivity (Wildman–Crippen MR) is 426 cm³/mol. The molecule has 0 unspecified atom stereocenters. The summed E-state index contributed by atoms with van der Waals surface area (Å²) in [4.78, 5) is 79.8. The lowest BCUT2D eigenvalue weighted by Gasteiger charge is -2.46. The first-order chi connectivity index (χ1) is 57.9. The lowest BCUT2D eigenvalue weighted by Crippen LogP contribution is -2.65. The number of rotatable bonds is 51. The van der Waals surface area contributed by atoms with Crippen molar-refractivity contribution in [2.24, 2.45) is 0 Å². The zero-order chi connectivity index (χ0) is 88.0. The van der Waals surface area contributed by atoms with Crippen molar-refractivity contribution in [3.05, 3.63) is 0 Å². The molecule has 26 N–H and O–H groups in total. The van der Waals surface area contributed by atoms with Crippen molar-refractivity contribution in [1.82, 2.24) is 36.8 Å². The average molecular weight is 1860 g/mol. The van der Waals surface area contributed by atoms with Gasteiger partial charge in [-0.3, -0.25) is 33.7 Å². The Bertz CT molecular complexity index is 2920. The van der Waals surface area contributed by atoms with Gasteiger partial charge in [0.25, 0.3) is 0 Å². The number of hydrogen-bond acceptors (Lipinski definition) is 45. The van der Waals surface area contributed by atoms with E-state index in [0.717, 1.165) is 19.3 Å². The molecule has 0 radical (unpaired) electrons. The Labute approximate surface area is 720 Å². The maximum absolute atomic E-state index is 13.4. The van der Waals surface area contributed by atoms with Crippen molar-refractivity contribution < 1.29 is 188 Å². The number of amides is 6. The molecule has 51 heteroatoms. The summed E-state index contributed by atoms with van der Waals surface area (Å²) in [5, 5.41) is 226. The Balaban J connectivity index is 0.740. The van der Waals surface area contributed by atoms with Crippen LogP contribution in [0.15, 0.2) is 0 Å². The fraction of sp³-hybridized carbons (Fsp3) is 0.914. The monoisotopic (exact) mass is 1860 g/mol. The Kier molecular flexibility index (Phi) is 45.6. The summed E-state index contributed by atoms with van der Waals surface area (Å²) >= 11 is 0. The van der Waals surface area contributed by atoms with Gasteiger partial charge in [-0.1, -0.05) is 62.4 Å². The molecule has 700 valence electrons. The van der Waals surface area contributed by atoms with Gasteiger partial charge in [-0.15, -0.1) is 0 Å². The maximum Gasteiger partial charge on any atom is 0.234 e. The van der Waals surface area contributed by atoms with Gasteiger partial charge in [-0.05, 0) is 79.4 Å². The van der Waals surface area contributed by atoms with Crippen LogP contribution in [0.5, 0.6) is 0 Å². The van der Waals surface area contributed by atoms with Gasteiger partial charge in [0, 0.05) is 58.5 Å². The van der Waals surface area contributed by atoms with E-state index >= 15 is 0 Å². The second kappa shape index (κ2) is 53.1. The minimum absolute atomic E-state index is 0.0263. The third kappa shape index (κ3) is 32.0. The number of unbranched alkanes of at least 4 members (excludes halogenated alkanes) is 7. The Morgan fingerprint density at radius 3 is 0.917 bits per heavy atom. The van der Waals surface area contributed by atoms with Crippen molar-refractivity contribution in [1.29, 1.82) is 0 Å². The second-order valence-corrected chi connectivity index (χ2v) is 39.7. The van der Waals surface area contributed by atoms with E-state index in [1.165, 1.54) is 4.90 Å². The number of ether oxygens (including phenoxy) is 12. The van der Waals surface area contributed by atoms with Gasteiger partial charge < -0.3 is 191 Å². The van der Waals surface area contributed by atoms with Crippen molar-refractivity contribution in [2.45, 2.75) is 288 Å². The van der Waals surface area contributed by atoms with E-state index in [-0.39, 0.29) is 87.1 Å². The molecule has 8 aliphatic rings. The van der Waals surface area contributed by atoms with E-state index in [2.05, 4.69) is 31.9 Å². The number of carbonyl (C=O) groups is 6. The van der Waals surface area contributed by atoms with Crippen LogP contribution in [0.2, 0.25) is 0 Å². The highest BCUT2D eigenvalue weighted by atomic mass is 33.2. The molecule has 8 aliphatic heterocycles. The lowest BCUT2D eigenvalue weighted by atomic mass is 9.96. The zero-order valence-electron chi connectivity index (χ0n) is 66.2. The molecule has 1 spiro atoms. The summed E-state index contributed by atoms with van der Waals surface area (Å²) in [6.07, 6.45) is -44.8. The molecule has 8 heterocycles. The molecule has 0 bridgehead atoms. The van der Waals surface area contributed by atoms with Crippen LogP contribution < -0.4 is 31.9 Å². The second-order valence-electron chi connectivity index (χ2n) is 30.1. The molecule has 0 aromatic carbocycles. The zero-order valence-corrected chi connectivity index (χ0v) is 71.1. The van der Waals surface area contributed by atoms with Gasteiger partial charge >= 0.3 is 0 Å². The molecule has 121 heavy (non-hydrogen) atoms. The molecule has 30 atom stereocenters. The van der Waals surface area contributed by atoms with Crippen molar-refractivity contribution >= 4 is 100 Å². The number of nitrogens with one attached hydrogen (secondary N) is 6. The first kappa shape index (κ1) is 104. The first-order valence-electron chi connectivity index (χ1n) is 40.3. The Morgan fingerprint density at radius 1 is 0.298 bits per heavy atom.